The number of anilines is 1. The minimum absolute atomic E-state index is 0.0492. The van der Waals surface area contributed by atoms with E-state index in [1.54, 1.807) is 23.1 Å². The summed E-state index contributed by atoms with van der Waals surface area (Å²) >= 11 is 13.4. The highest BCUT2D eigenvalue weighted by atomic mass is 35.5. The normalized spacial score (nSPS) is 13.8. The molecule has 3 aromatic carbocycles. The van der Waals surface area contributed by atoms with Gasteiger partial charge in [0, 0.05) is 58.7 Å². The van der Waals surface area contributed by atoms with Gasteiger partial charge >= 0.3 is 0 Å². The van der Waals surface area contributed by atoms with Crippen LogP contribution >= 0.6 is 23.2 Å². The molecule has 8 heteroatoms. The minimum atomic E-state index is -0.0755. The van der Waals surface area contributed by atoms with E-state index < -0.39 is 0 Å². The molecule has 0 spiro atoms. The number of aromatic hydroxyl groups is 1. The van der Waals surface area contributed by atoms with Gasteiger partial charge in [0.25, 0.3) is 0 Å². The number of carbonyl (C=O) groups excluding carboxylic acids is 1. The number of hydrogen-bond acceptors (Lipinski definition) is 5. The number of phenols is 1. The van der Waals surface area contributed by atoms with Crippen LogP contribution in [0.15, 0.2) is 67.3 Å². The van der Waals surface area contributed by atoms with Crippen LogP contribution in [0, 0.1) is 0 Å². The lowest BCUT2D eigenvalue weighted by molar-refractivity contribution is -0.126. The van der Waals surface area contributed by atoms with Gasteiger partial charge in [0.05, 0.1) is 5.02 Å². The lowest BCUT2D eigenvalue weighted by Gasteiger charge is -2.35. The molecule has 0 unspecified atom stereocenters. The Morgan fingerprint density at radius 2 is 1.68 bits per heavy atom. The number of halogens is 2. The van der Waals surface area contributed by atoms with Gasteiger partial charge in [-0.15, -0.1) is 10.2 Å². The fourth-order valence-corrected chi connectivity index (χ4v) is 5.58. The molecule has 1 fully saturated rings. The Morgan fingerprint density at radius 1 is 0.947 bits per heavy atom. The van der Waals surface area contributed by atoms with Crippen molar-refractivity contribution in [2.45, 2.75) is 19.8 Å². The number of nitrogens with zero attached hydrogens (tertiary/aromatic N) is 4. The molecular formula is C30H28Cl2N4O2. The summed E-state index contributed by atoms with van der Waals surface area (Å²) in [7, 11) is 0. The van der Waals surface area contributed by atoms with E-state index >= 15 is 0 Å². The number of carbonyl (C=O) groups is 1. The van der Waals surface area contributed by atoms with Gasteiger partial charge < -0.3 is 14.9 Å². The number of aromatic nitrogens is 2. The zero-order valence-electron chi connectivity index (χ0n) is 21.3. The number of rotatable bonds is 5. The van der Waals surface area contributed by atoms with Gasteiger partial charge in [-0.2, -0.15) is 0 Å². The molecule has 1 N–H and O–H groups in total. The molecule has 1 saturated heterocycles. The van der Waals surface area contributed by atoms with Crippen molar-refractivity contribution in [3.63, 3.8) is 0 Å². The first-order chi connectivity index (χ1) is 18.3. The van der Waals surface area contributed by atoms with Gasteiger partial charge in [-0.05, 0) is 41.8 Å². The molecule has 6 nitrogen and oxygen atoms in total. The van der Waals surface area contributed by atoms with Gasteiger partial charge in [-0.3, -0.25) is 4.79 Å². The lowest BCUT2D eigenvalue weighted by atomic mass is 9.92. The quantitative estimate of drug-likeness (QED) is 0.274. The smallest absolute Gasteiger partial charge is 0.246 e. The number of amides is 1. The number of hydrogen-bond donors (Lipinski definition) is 1. The number of benzene rings is 3. The molecule has 0 atom stereocenters. The largest absolute Gasteiger partial charge is 0.507 e. The maximum atomic E-state index is 12.1. The fourth-order valence-electron chi connectivity index (χ4n) is 5.05. The van der Waals surface area contributed by atoms with Gasteiger partial charge in [0.15, 0.2) is 5.82 Å². The molecule has 0 saturated carbocycles. The maximum Gasteiger partial charge on any atom is 0.246 e. The SMILES string of the molecule is C=CC(=O)N1CCN(c2nnc(-c3ccccc3C(C)C)c3cc(-c4c(O)cccc4Cl)c(Cl)cc23)CC1. The molecule has 38 heavy (non-hydrogen) atoms. The molecule has 0 aliphatic carbocycles. The Bertz CT molecular complexity index is 1530. The monoisotopic (exact) mass is 546 g/mol. The van der Waals surface area contributed by atoms with Crippen LogP contribution in [0.4, 0.5) is 5.82 Å². The van der Waals surface area contributed by atoms with E-state index in [4.69, 9.17) is 33.4 Å². The standard InChI is InChI=1S/C30H28Cl2N4O2/c1-4-27(38)35-12-14-36(15-13-35)30-22-17-25(32)23(28-24(31)10-7-11-26(28)37)16-21(22)29(33-34-30)20-9-6-5-8-19(20)18(2)3/h4-11,16-18,37H,1,12-15H2,2-3H3. The molecule has 1 aromatic heterocycles. The third kappa shape index (κ3) is 4.70. The highest BCUT2D eigenvalue weighted by molar-refractivity contribution is 6.37. The van der Waals surface area contributed by atoms with Crippen molar-refractivity contribution >= 4 is 45.7 Å². The topological polar surface area (TPSA) is 69.6 Å². The third-order valence-corrected chi connectivity index (χ3v) is 7.64. The van der Waals surface area contributed by atoms with E-state index in [1.807, 2.05) is 24.3 Å². The van der Waals surface area contributed by atoms with Gasteiger partial charge in [0.1, 0.15) is 11.4 Å². The lowest BCUT2D eigenvalue weighted by Crippen LogP contribution is -2.48. The molecule has 0 bridgehead atoms. The second-order valence-corrected chi connectivity index (χ2v) is 10.5. The van der Waals surface area contributed by atoms with Crippen LogP contribution in [-0.2, 0) is 4.79 Å². The second kappa shape index (κ2) is 10.6. The summed E-state index contributed by atoms with van der Waals surface area (Å²) in [5.41, 5.74) is 3.97. The van der Waals surface area contributed by atoms with Gasteiger partial charge in [-0.25, -0.2) is 0 Å². The van der Waals surface area contributed by atoms with Crippen LogP contribution in [-0.4, -0.2) is 52.3 Å². The van der Waals surface area contributed by atoms with Crippen LogP contribution in [0.3, 0.4) is 0 Å². The first kappa shape index (κ1) is 26.0. The first-order valence-electron chi connectivity index (χ1n) is 12.5. The Kier molecular flexibility index (Phi) is 7.28. The van der Waals surface area contributed by atoms with Crippen LogP contribution in [0.25, 0.3) is 33.2 Å². The average Bonchev–Trinajstić information content (AvgIpc) is 2.92. The number of fused-ring (bicyclic) bond motifs is 1. The van der Waals surface area contributed by atoms with E-state index in [9.17, 15) is 9.90 Å². The molecule has 2 heterocycles. The fraction of sp³-hybridized carbons (Fsp3) is 0.233. The Labute approximate surface area is 232 Å². The van der Waals surface area contributed by atoms with Crippen molar-refractivity contribution in [2.24, 2.45) is 0 Å². The van der Waals surface area contributed by atoms with E-state index in [0.717, 1.165) is 27.6 Å². The summed E-state index contributed by atoms with van der Waals surface area (Å²) in [6.45, 7) is 10.2. The third-order valence-electron chi connectivity index (χ3n) is 7.01. The molecule has 1 aliphatic heterocycles. The minimum Gasteiger partial charge on any atom is -0.507 e. The van der Waals surface area contributed by atoms with Gasteiger partial charge in [0.2, 0.25) is 5.91 Å². The predicted molar refractivity (Wildman–Crippen MR) is 155 cm³/mol. The summed E-state index contributed by atoms with van der Waals surface area (Å²) in [6.07, 6.45) is 1.34. The van der Waals surface area contributed by atoms with E-state index in [-0.39, 0.29) is 17.6 Å². The zero-order valence-corrected chi connectivity index (χ0v) is 22.8. The molecule has 4 aromatic rings. The van der Waals surface area contributed by atoms with E-state index in [0.29, 0.717) is 53.2 Å². The molecule has 1 aliphatic rings. The summed E-state index contributed by atoms with van der Waals surface area (Å²) in [4.78, 5) is 16.0. The first-order valence-corrected chi connectivity index (χ1v) is 13.3. The Balaban J connectivity index is 1.73. The second-order valence-electron chi connectivity index (χ2n) is 9.64. The van der Waals surface area contributed by atoms with Crippen molar-refractivity contribution < 1.29 is 9.90 Å². The van der Waals surface area contributed by atoms with Crippen molar-refractivity contribution in [1.82, 2.24) is 15.1 Å². The highest BCUT2D eigenvalue weighted by Gasteiger charge is 2.25. The van der Waals surface area contributed by atoms with Crippen molar-refractivity contribution in [1.29, 1.82) is 0 Å². The highest BCUT2D eigenvalue weighted by Crippen LogP contribution is 2.44. The molecule has 0 radical (unpaired) electrons. The molecular weight excluding hydrogens is 519 g/mol. The maximum absolute atomic E-state index is 12.1. The zero-order chi connectivity index (χ0) is 27.0. The Morgan fingerprint density at radius 3 is 2.37 bits per heavy atom. The summed E-state index contributed by atoms with van der Waals surface area (Å²) in [6, 6.07) is 17.0. The number of piperazine rings is 1. The number of phenolic OH excluding ortho intramolecular Hbond substituents is 1. The summed E-state index contributed by atoms with van der Waals surface area (Å²) in [5.74, 6) is 0.951. The summed E-state index contributed by atoms with van der Waals surface area (Å²) < 4.78 is 0. The van der Waals surface area contributed by atoms with Crippen LogP contribution < -0.4 is 4.90 Å². The summed E-state index contributed by atoms with van der Waals surface area (Å²) in [5, 5.41) is 22.7. The van der Waals surface area contributed by atoms with E-state index in [2.05, 4.69) is 37.5 Å². The molecule has 194 valence electrons. The molecule has 5 rings (SSSR count). The van der Waals surface area contributed by atoms with Crippen molar-refractivity contribution in [3.8, 4) is 28.1 Å². The van der Waals surface area contributed by atoms with Crippen molar-refractivity contribution in [2.75, 3.05) is 31.1 Å². The van der Waals surface area contributed by atoms with Crippen molar-refractivity contribution in [3.05, 3.63) is 82.9 Å². The van der Waals surface area contributed by atoms with Crippen LogP contribution in [0.1, 0.15) is 25.3 Å². The van der Waals surface area contributed by atoms with E-state index in [1.165, 1.54) is 6.08 Å². The average molecular weight is 547 g/mol. The Hall–Kier alpha value is -3.61. The van der Waals surface area contributed by atoms with Crippen LogP contribution in [0.2, 0.25) is 10.0 Å². The van der Waals surface area contributed by atoms with Crippen LogP contribution in [0.5, 0.6) is 5.75 Å². The molecule has 1 amide bonds. The van der Waals surface area contributed by atoms with Gasteiger partial charge in [-0.1, -0.05) is 74.0 Å². The predicted octanol–water partition coefficient (Wildman–Crippen LogP) is 6.93.